The molecule has 2 nitrogen and oxygen atoms in total. The van der Waals surface area contributed by atoms with Crippen molar-refractivity contribution >= 4 is 17.8 Å². The molecule has 0 radical (unpaired) electrons. The van der Waals surface area contributed by atoms with Crippen molar-refractivity contribution < 1.29 is 4.39 Å². The zero-order valence-electron chi connectivity index (χ0n) is 10.5. The fourth-order valence-electron chi connectivity index (χ4n) is 1.60. The van der Waals surface area contributed by atoms with Crippen LogP contribution < -0.4 is 4.90 Å². The van der Waals surface area contributed by atoms with E-state index in [-0.39, 0.29) is 0 Å². The molecule has 0 spiro atoms. The van der Waals surface area contributed by atoms with Crippen molar-refractivity contribution in [1.29, 1.82) is 0 Å². The van der Waals surface area contributed by atoms with Crippen LogP contribution in [0.3, 0.4) is 0 Å². The van der Waals surface area contributed by atoms with Gasteiger partial charge in [-0.3, -0.25) is 0 Å². The molecule has 0 bridgehead atoms. The van der Waals surface area contributed by atoms with Gasteiger partial charge in [0.2, 0.25) is 5.95 Å². The van der Waals surface area contributed by atoms with Crippen LogP contribution in [0.1, 0.15) is 11.1 Å². The van der Waals surface area contributed by atoms with E-state index in [0.29, 0.717) is 0 Å². The number of hydrogen-bond donors (Lipinski definition) is 0. The zero-order chi connectivity index (χ0) is 13.0. The summed E-state index contributed by atoms with van der Waals surface area (Å²) >= 11 is 0. The number of pyridine rings is 1. The number of halogens is 1. The van der Waals surface area contributed by atoms with Crippen molar-refractivity contribution in [3.63, 3.8) is 0 Å². The van der Waals surface area contributed by atoms with E-state index in [0.717, 1.165) is 16.8 Å². The molecule has 0 N–H and O–H groups in total. The molecule has 92 valence electrons. The highest BCUT2D eigenvalue weighted by Crippen LogP contribution is 2.14. The van der Waals surface area contributed by atoms with Crippen LogP contribution in [-0.4, -0.2) is 19.1 Å². The predicted octanol–water partition coefficient (Wildman–Crippen LogP) is 3.46. The van der Waals surface area contributed by atoms with Crippen molar-refractivity contribution in [1.82, 2.24) is 4.98 Å². The van der Waals surface area contributed by atoms with E-state index in [4.69, 9.17) is 0 Å². The Labute approximate surface area is 106 Å². The number of aromatic nitrogens is 1. The van der Waals surface area contributed by atoms with Gasteiger partial charge in [0.15, 0.2) is 0 Å². The molecule has 3 heteroatoms. The molecular weight excluding hydrogens is 226 g/mol. The van der Waals surface area contributed by atoms with Crippen LogP contribution in [0.25, 0.3) is 12.2 Å². The molecule has 1 aromatic heterocycles. The summed E-state index contributed by atoms with van der Waals surface area (Å²) in [5.74, 6) is -0.458. The Bertz CT molecular complexity index is 545. The SMILES string of the molecule is CN(C)c1ccc(/C=C/c2ccnc([18F])c2)cc1. The zero-order valence-corrected chi connectivity index (χ0v) is 10.5. The summed E-state index contributed by atoms with van der Waals surface area (Å²) in [6.45, 7) is 0. The number of benzene rings is 1. The van der Waals surface area contributed by atoms with Crippen LogP contribution in [0.4, 0.5) is 10.1 Å². The molecule has 0 amide bonds. The van der Waals surface area contributed by atoms with Crippen LogP contribution in [-0.2, 0) is 0 Å². The third-order valence-corrected chi connectivity index (χ3v) is 2.63. The Morgan fingerprint density at radius 1 is 1.00 bits per heavy atom. The van der Waals surface area contributed by atoms with E-state index in [1.165, 1.54) is 12.3 Å². The number of rotatable bonds is 3. The lowest BCUT2D eigenvalue weighted by Gasteiger charge is -2.11. The summed E-state index contributed by atoms with van der Waals surface area (Å²) < 4.78 is 12.9. The van der Waals surface area contributed by atoms with Gasteiger partial charge in [-0.05, 0) is 29.3 Å². The Kier molecular flexibility index (Phi) is 3.72. The predicted molar refractivity (Wildman–Crippen MR) is 73.9 cm³/mol. The molecule has 2 rings (SSSR count). The second kappa shape index (κ2) is 5.45. The minimum absolute atomic E-state index is 0.458. The van der Waals surface area contributed by atoms with Gasteiger partial charge in [0.1, 0.15) is 0 Å². The lowest BCUT2D eigenvalue weighted by Crippen LogP contribution is -2.07. The fraction of sp³-hybridized carbons (Fsp3) is 0.133. The summed E-state index contributed by atoms with van der Waals surface area (Å²) in [6, 6.07) is 11.3. The highest BCUT2D eigenvalue weighted by atomic mass is 18.2. The standard InChI is InChI=1S/C15H15FN2/c1-18(2)14-7-5-12(6-8-14)3-4-13-9-10-17-15(16)11-13/h3-11H,1-2H3/b4-3+/i16-1. The van der Waals surface area contributed by atoms with Gasteiger partial charge < -0.3 is 4.90 Å². The highest BCUT2D eigenvalue weighted by Gasteiger charge is 1.94. The summed E-state index contributed by atoms with van der Waals surface area (Å²) in [4.78, 5) is 5.57. The summed E-state index contributed by atoms with van der Waals surface area (Å²) in [5.41, 5.74) is 3.04. The minimum Gasteiger partial charge on any atom is -0.378 e. The molecule has 1 heterocycles. The third kappa shape index (κ3) is 3.17. The van der Waals surface area contributed by atoms with Crippen LogP contribution in [0.15, 0.2) is 42.6 Å². The van der Waals surface area contributed by atoms with Gasteiger partial charge in [-0.25, -0.2) is 4.98 Å². The van der Waals surface area contributed by atoms with Crippen molar-refractivity contribution in [3.8, 4) is 0 Å². The largest absolute Gasteiger partial charge is 0.378 e. The summed E-state index contributed by atoms with van der Waals surface area (Å²) in [6.07, 6.45) is 5.29. The van der Waals surface area contributed by atoms with Gasteiger partial charge in [0.25, 0.3) is 0 Å². The van der Waals surface area contributed by atoms with Gasteiger partial charge in [-0.1, -0.05) is 24.3 Å². The molecule has 0 saturated carbocycles. The smallest absolute Gasteiger partial charge is 0.213 e. The second-order valence-electron chi connectivity index (χ2n) is 4.23. The average Bonchev–Trinajstić information content (AvgIpc) is 2.37. The van der Waals surface area contributed by atoms with Gasteiger partial charge >= 0.3 is 0 Å². The van der Waals surface area contributed by atoms with Gasteiger partial charge in [-0.2, -0.15) is 4.39 Å². The van der Waals surface area contributed by atoms with Crippen LogP contribution in [0.5, 0.6) is 0 Å². The molecule has 0 aliphatic rings. The molecular formula is C15H15FN2. The van der Waals surface area contributed by atoms with E-state index in [1.54, 1.807) is 6.07 Å². The number of nitrogens with zero attached hydrogens (tertiary/aromatic N) is 2. The fourth-order valence-corrected chi connectivity index (χ4v) is 1.60. The number of anilines is 1. The minimum atomic E-state index is -0.458. The average molecular weight is 241 g/mol. The highest BCUT2D eigenvalue weighted by molar-refractivity contribution is 5.70. The molecule has 0 unspecified atom stereocenters. The maximum Gasteiger partial charge on any atom is 0.213 e. The first-order chi connectivity index (χ1) is 8.65. The third-order valence-electron chi connectivity index (χ3n) is 2.63. The first-order valence-corrected chi connectivity index (χ1v) is 5.72. The number of hydrogen-bond acceptors (Lipinski definition) is 2. The van der Waals surface area contributed by atoms with Gasteiger partial charge in [0, 0.05) is 32.0 Å². The summed E-state index contributed by atoms with van der Waals surface area (Å²) in [5, 5.41) is 0. The topological polar surface area (TPSA) is 16.1 Å². The van der Waals surface area contributed by atoms with Crippen molar-refractivity contribution in [2.24, 2.45) is 0 Å². The van der Waals surface area contributed by atoms with E-state index < -0.39 is 5.95 Å². The Morgan fingerprint density at radius 2 is 1.67 bits per heavy atom. The van der Waals surface area contributed by atoms with Gasteiger partial charge in [0.05, 0.1) is 0 Å². The molecule has 18 heavy (non-hydrogen) atoms. The lowest BCUT2D eigenvalue weighted by atomic mass is 10.1. The second-order valence-corrected chi connectivity index (χ2v) is 4.23. The Hall–Kier alpha value is -2.16. The molecule has 2 aromatic rings. The first-order valence-electron chi connectivity index (χ1n) is 5.72. The normalized spacial score (nSPS) is 10.8. The monoisotopic (exact) mass is 241 g/mol. The van der Waals surface area contributed by atoms with E-state index in [9.17, 15) is 4.39 Å². The van der Waals surface area contributed by atoms with Crippen molar-refractivity contribution in [2.45, 2.75) is 0 Å². The lowest BCUT2D eigenvalue weighted by molar-refractivity contribution is 0.583. The maximum absolute atomic E-state index is 12.9. The maximum atomic E-state index is 12.9. The van der Waals surface area contributed by atoms with Crippen LogP contribution in [0, 0.1) is 5.95 Å². The molecule has 0 aliphatic carbocycles. The molecule has 0 saturated heterocycles. The first kappa shape index (κ1) is 12.3. The Morgan fingerprint density at radius 3 is 2.28 bits per heavy atom. The quantitative estimate of drug-likeness (QED) is 0.765. The summed E-state index contributed by atoms with van der Waals surface area (Å²) in [7, 11) is 4.01. The van der Waals surface area contributed by atoms with Crippen molar-refractivity contribution in [3.05, 3.63) is 59.7 Å². The molecule has 1 aromatic carbocycles. The van der Waals surface area contributed by atoms with Crippen LogP contribution >= 0.6 is 0 Å². The van der Waals surface area contributed by atoms with Crippen LogP contribution in [0.2, 0.25) is 0 Å². The molecule has 0 fully saturated rings. The Balaban J connectivity index is 2.14. The van der Waals surface area contributed by atoms with E-state index in [2.05, 4.69) is 4.98 Å². The molecule has 0 aliphatic heterocycles. The van der Waals surface area contributed by atoms with E-state index >= 15 is 0 Å². The van der Waals surface area contributed by atoms with Gasteiger partial charge in [-0.15, -0.1) is 0 Å². The van der Waals surface area contributed by atoms with E-state index in [1.807, 2.05) is 55.4 Å². The van der Waals surface area contributed by atoms with Crippen molar-refractivity contribution in [2.75, 3.05) is 19.0 Å². The molecule has 0 atom stereocenters.